The van der Waals surface area contributed by atoms with Gasteiger partial charge in [0.15, 0.2) is 11.5 Å². The fourth-order valence-corrected chi connectivity index (χ4v) is 3.24. The molecular formula is C17H18ClFN6O. The monoisotopic (exact) mass is 376 g/mol. The predicted molar refractivity (Wildman–Crippen MR) is 98.1 cm³/mol. The minimum Gasteiger partial charge on any atom is -0.381 e. The lowest BCUT2D eigenvalue weighted by atomic mass is 9.93. The zero-order valence-corrected chi connectivity index (χ0v) is 14.9. The van der Waals surface area contributed by atoms with Gasteiger partial charge in [0.1, 0.15) is 5.52 Å². The van der Waals surface area contributed by atoms with Crippen molar-refractivity contribution in [2.24, 2.45) is 0 Å². The van der Waals surface area contributed by atoms with Crippen LogP contribution in [0.2, 0.25) is 5.02 Å². The van der Waals surface area contributed by atoms with Crippen LogP contribution >= 0.6 is 11.6 Å². The van der Waals surface area contributed by atoms with Crippen LogP contribution in [0.1, 0.15) is 19.8 Å². The van der Waals surface area contributed by atoms with E-state index in [0.29, 0.717) is 30.3 Å². The molecule has 3 aromatic rings. The molecule has 1 aliphatic rings. The molecule has 0 saturated carbocycles. The molecule has 9 heteroatoms. The van der Waals surface area contributed by atoms with Crippen molar-refractivity contribution in [2.45, 2.75) is 25.3 Å². The molecule has 1 aromatic carbocycles. The molecule has 0 atom stereocenters. The number of halogens is 2. The maximum atomic E-state index is 14.5. The van der Waals surface area contributed by atoms with Crippen molar-refractivity contribution in [3.63, 3.8) is 0 Å². The average molecular weight is 377 g/mol. The van der Waals surface area contributed by atoms with Gasteiger partial charge in [-0.3, -0.25) is 4.57 Å². The summed E-state index contributed by atoms with van der Waals surface area (Å²) < 4.78 is 21.4. The number of nitrogens with one attached hydrogen (secondary N) is 1. The smallest absolute Gasteiger partial charge is 0.225 e. The number of rotatable bonds is 3. The zero-order valence-electron chi connectivity index (χ0n) is 14.2. The number of ether oxygens (including phenoxy) is 1. The topological polar surface area (TPSA) is 90.9 Å². The van der Waals surface area contributed by atoms with Crippen molar-refractivity contribution in [3.05, 3.63) is 35.2 Å². The highest BCUT2D eigenvalue weighted by Crippen LogP contribution is 2.28. The maximum absolute atomic E-state index is 14.5. The number of anilines is 2. The van der Waals surface area contributed by atoms with Crippen molar-refractivity contribution >= 4 is 34.7 Å². The van der Waals surface area contributed by atoms with Gasteiger partial charge >= 0.3 is 0 Å². The average Bonchev–Trinajstić information content (AvgIpc) is 2.93. The Kier molecular flexibility index (Phi) is 4.16. The summed E-state index contributed by atoms with van der Waals surface area (Å²) in [6.07, 6.45) is 3.26. The predicted octanol–water partition coefficient (Wildman–Crippen LogP) is 3.17. The van der Waals surface area contributed by atoms with E-state index in [1.54, 1.807) is 18.3 Å². The summed E-state index contributed by atoms with van der Waals surface area (Å²) in [6, 6.07) is 4.70. The summed E-state index contributed by atoms with van der Waals surface area (Å²) in [6.45, 7) is 3.47. The molecule has 3 N–H and O–H groups in total. The van der Waals surface area contributed by atoms with E-state index in [1.165, 1.54) is 10.6 Å². The van der Waals surface area contributed by atoms with Crippen LogP contribution in [0.4, 0.5) is 16.3 Å². The number of nitrogen functional groups attached to an aromatic ring is 1. The lowest BCUT2D eigenvalue weighted by Crippen LogP contribution is -2.41. The second-order valence-electron chi connectivity index (χ2n) is 6.58. The van der Waals surface area contributed by atoms with Gasteiger partial charge in [-0.15, -0.1) is 0 Å². The van der Waals surface area contributed by atoms with Crippen LogP contribution in [0.15, 0.2) is 24.4 Å². The summed E-state index contributed by atoms with van der Waals surface area (Å²) >= 11 is 5.91. The summed E-state index contributed by atoms with van der Waals surface area (Å²) in [5.74, 6) is -0.0277. The number of nitrogens with two attached hydrogens (primary N) is 1. The zero-order chi connectivity index (χ0) is 18.3. The van der Waals surface area contributed by atoms with Gasteiger partial charge in [-0.25, -0.2) is 14.4 Å². The standard InChI is InChI=1S/C17H18ClFN6O/c1-17(5-7-26-8-6-17)24-16-21-9-11-14(23-16)25(15(20)22-11)12-4-2-3-10(18)13(12)19/h2-4,9H,5-8H2,1H3,(H2,20,22)(H,21,23,24). The molecule has 0 bridgehead atoms. The Hall–Kier alpha value is -2.45. The third-order valence-corrected chi connectivity index (χ3v) is 4.90. The molecule has 1 fully saturated rings. The van der Waals surface area contributed by atoms with Gasteiger partial charge in [-0.2, -0.15) is 4.98 Å². The molecule has 26 heavy (non-hydrogen) atoms. The molecule has 7 nitrogen and oxygen atoms in total. The van der Waals surface area contributed by atoms with E-state index in [-0.39, 0.29) is 22.2 Å². The number of nitrogens with zero attached hydrogens (tertiary/aromatic N) is 4. The molecule has 0 unspecified atom stereocenters. The van der Waals surface area contributed by atoms with Crippen molar-refractivity contribution in [3.8, 4) is 5.69 Å². The van der Waals surface area contributed by atoms with E-state index in [0.717, 1.165) is 12.8 Å². The quantitative estimate of drug-likeness (QED) is 0.729. The number of benzene rings is 1. The first-order chi connectivity index (χ1) is 12.5. The molecule has 2 aromatic heterocycles. The third-order valence-electron chi connectivity index (χ3n) is 4.61. The van der Waals surface area contributed by atoms with E-state index in [2.05, 4.69) is 27.2 Å². The summed E-state index contributed by atoms with van der Waals surface area (Å²) in [5.41, 5.74) is 6.92. The van der Waals surface area contributed by atoms with Gasteiger partial charge in [0.2, 0.25) is 11.9 Å². The van der Waals surface area contributed by atoms with Crippen molar-refractivity contribution in [1.82, 2.24) is 19.5 Å². The summed E-state index contributed by atoms with van der Waals surface area (Å²) in [5, 5.41) is 3.36. The minimum atomic E-state index is -0.579. The maximum Gasteiger partial charge on any atom is 0.225 e. The van der Waals surface area contributed by atoms with Gasteiger partial charge in [0, 0.05) is 18.8 Å². The Morgan fingerprint density at radius 1 is 1.31 bits per heavy atom. The van der Waals surface area contributed by atoms with Gasteiger partial charge in [-0.05, 0) is 31.9 Å². The van der Waals surface area contributed by atoms with E-state index in [9.17, 15) is 4.39 Å². The Morgan fingerprint density at radius 3 is 2.85 bits per heavy atom. The van der Waals surface area contributed by atoms with E-state index in [4.69, 9.17) is 22.1 Å². The molecule has 1 aliphatic heterocycles. The van der Waals surface area contributed by atoms with E-state index < -0.39 is 5.82 Å². The Bertz CT molecular complexity index is 969. The highest BCUT2D eigenvalue weighted by molar-refractivity contribution is 6.30. The number of hydrogen-bond acceptors (Lipinski definition) is 6. The molecule has 0 spiro atoms. The molecule has 0 radical (unpaired) electrons. The van der Waals surface area contributed by atoms with E-state index in [1.807, 2.05) is 0 Å². The van der Waals surface area contributed by atoms with Crippen LogP contribution < -0.4 is 11.1 Å². The highest BCUT2D eigenvalue weighted by Gasteiger charge is 2.28. The summed E-state index contributed by atoms with van der Waals surface area (Å²) in [7, 11) is 0. The van der Waals surface area contributed by atoms with Gasteiger partial charge < -0.3 is 15.8 Å². The largest absolute Gasteiger partial charge is 0.381 e. The molecule has 4 rings (SSSR count). The molecule has 3 heterocycles. The first-order valence-corrected chi connectivity index (χ1v) is 8.66. The van der Waals surface area contributed by atoms with Crippen LogP contribution in [0.3, 0.4) is 0 Å². The van der Waals surface area contributed by atoms with Crippen LogP contribution in [0.25, 0.3) is 16.9 Å². The van der Waals surface area contributed by atoms with Crippen LogP contribution in [-0.4, -0.2) is 38.3 Å². The molecule has 0 amide bonds. The van der Waals surface area contributed by atoms with Gasteiger partial charge in [0.25, 0.3) is 0 Å². The van der Waals surface area contributed by atoms with Crippen molar-refractivity contribution in [2.75, 3.05) is 24.3 Å². The number of imidazole rings is 1. The van der Waals surface area contributed by atoms with Gasteiger partial charge in [0.05, 0.1) is 16.9 Å². The Labute approximate surface area is 154 Å². The summed E-state index contributed by atoms with van der Waals surface area (Å²) in [4.78, 5) is 13.1. The van der Waals surface area contributed by atoms with Crippen LogP contribution in [0, 0.1) is 5.82 Å². The lowest BCUT2D eigenvalue weighted by Gasteiger charge is -2.34. The number of aromatic nitrogens is 4. The second-order valence-corrected chi connectivity index (χ2v) is 6.99. The number of hydrogen-bond donors (Lipinski definition) is 2. The second kappa shape index (κ2) is 6.37. The van der Waals surface area contributed by atoms with Crippen LogP contribution in [-0.2, 0) is 4.74 Å². The number of fused-ring (bicyclic) bond motifs is 1. The Balaban J connectivity index is 1.79. The first-order valence-electron chi connectivity index (χ1n) is 8.28. The molecule has 0 aliphatic carbocycles. The lowest BCUT2D eigenvalue weighted by molar-refractivity contribution is 0.0656. The molecule has 1 saturated heterocycles. The minimum absolute atomic E-state index is 0.00544. The fourth-order valence-electron chi connectivity index (χ4n) is 3.07. The van der Waals surface area contributed by atoms with Crippen LogP contribution in [0.5, 0.6) is 0 Å². The van der Waals surface area contributed by atoms with Crippen molar-refractivity contribution in [1.29, 1.82) is 0 Å². The van der Waals surface area contributed by atoms with Crippen molar-refractivity contribution < 1.29 is 9.13 Å². The molecular weight excluding hydrogens is 359 g/mol. The SMILES string of the molecule is CC1(Nc2ncc3nc(N)n(-c4cccc(Cl)c4F)c3n2)CCOCC1. The Morgan fingerprint density at radius 2 is 2.08 bits per heavy atom. The van der Waals surface area contributed by atoms with E-state index >= 15 is 0 Å². The first kappa shape index (κ1) is 17.0. The fraction of sp³-hybridized carbons (Fsp3) is 0.353. The highest BCUT2D eigenvalue weighted by atomic mass is 35.5. The normalized spacial score (nSPS) is 16.7. The third kappa shape index (κ3) is 2.95. The molecule has 136 valence electrons. The van der Waals surface area contributed by atoms with Gasteiger partial charge in [-0.1, -0.05) is 17.7 Å².